The van der Waals surface area contributed by atoms with E-state index in [1.165, 1.54) is 64.7 Å². The van der Waals surface area contributed by atoms with Crippen LogP contribution in [0.2, 0.25) is 0 Å². The molecule has 14 nitrogen and oxygen atoms in total. The van der Waals surface area contributed by atoms with Crippen molar-refractivity contribution < 1.29 is 53.2 Å². The number of hydrogen-bond acceptors (Lipinski definition) is 9. The molecule has 0 fully saturated rings. The highest BCUT2D eigenvalue weighted by Crippen LogP contribution is 2.14. The molecule has 0 spiro atoms. The predicted octanol–water partition coefficient (Wildman–Crippen LogP) is 5.09. The van der Waals surface area contributed by atoms with E-state index < -0.39 is 36.4 Å². The first-order valence-corrected chi connectivity index (χ1v) is 19.6. The number of aliphatic carboxylic acids is 2. The zero-order valence-corrected chi connectivity index (χ0v) is 31.9. The van der Waals surface area contributed by atoms with Crippen LogP contribution in [-0.2, 0) is 43.0 Å². The number of amides is 3. The van der Waals surface area contributed by atoms with E-state index in [0.29, 0.717) is 58.8 Å². The standard InChI is InChI=1S/C38H69N3O11/c1-32(42)22-23-33(38(48)49)41-36(45)31-52-30-35(44)40-25-19-29-51-27-17-16-26-50-28-18-24-39-34(43)20-14-12-10-8-6-4-2-3-5-7-9-11-13-15-21-37(46)47/h33H,2-31H2,1H3,(H,39,43)(H,40,44)(H,41,45)(H,46,47)(H,48,49)/t33-/m0/s1. The third-order valence-electron chi connectivity index (χ3n) is 8.33. The monoisotopic (exact) mass is 743 g/mol. The van der Waals surface area contributed by atoms with Crippen LogP contribution < -0.4 is 16.0 Å². The third-order valence-corrected chi connectivity index (χ3v) is 8.33. The van der Waals surface area contributed by atoms with Crippen molar-refractivity contribution in [1.29, 1.82) is 0 Å². The second kappa shape index (κ2) is 36.3. The van der Waals surface area contributed by atoms with Gasteiger partial charge in [0.05, 0.1) is 0 Å². The summed E-state index contributed by atoms with van der Waals surface area (Å²) in [6, 6.07) is -1.19. The lowest BCUT2D eigenvalue weighted by Gasteiger charge is -2.13. The molecule has 0 aliphatic carbocycles. The van der Waals surface area contributed by atoms with Gasteiger partial charge < -0.3 is 45.2 Å². The van der Waals surface area contributed by atoms with Crippen LogP contribution in [0.25, 0.3) is 0 Å². The van der Waals surface area contributed by atoms with Gasteiger partial charge in [0.1, 0.15) is 25.0 Å². The highest BCUT2D eigenvalue weighted by Gasteiger charge is 2.20. The zero-order valence-electron chi connectivity index (χ0n) is 31.9. The molecule has 0 aromatic heterocycles. The molecule has 302 valence electrons. The molecule has 0 bridgehead atoms. The van der Waals surface area contributed by atoms with Crippen LogP contribution in [0.4, 0.5) is 0 Å². The molecule has 5 N–H and O–H groups in total. The minimum absolute atomic E-state index is 0.0113. The summed E-state index contributed by atoms with van der Waals surface area (Å²) in [6.45, 7) is 3.89. The summed E-state index contributed by atoms with van der Waals surface area (Å²) in [5.74, 6) is -3.06. The lowest BCUT2D eigenvalue weighted by atomic mass is 10.0. The maximum Gasteiger partial charge on any atom is 0.326 e. The molecular formula is C38H69N3O11. The Labute approximate surface area is 311 Å². The zero-order chi connectivity index (χ0) is 38.5. The SMILES string of the molecule is CC(=O)CC[C@H](NC(=O)COCC(=O)NCCCOCCCCOCCCNC(=O)CCCCCCCCCCCCCCCCC(=O)O)C(=O)O. The second-order valence-electron chi connectivity index (χ2n) is 13.4. The Hall–Kier alpha value is -3.10. The number of carboxylic acids is 2. The Balaban J connectivity index is 3.39. The molecule has 0 aromatic rings. The van der Waals surface area contributed by atoms with E-state index in [4.69, 9.17) is 24.4 Å². The second-order valence-corrected chi connectivity index (χ2v) is 13.4. The number of carbonyl (C=O) groups is 6. The highest BCUT2D eigenvalue weighted by molar-refractivity contribution is 5.85. The summed E-state index contributed by atoms with van der Waals surface area (Å²) < 4.78 is 16.2. The van der Waals surface area contributed by atoms with E-state index in [1.807, 2.05) is 0 Å². The van der Waals surface area contributed by atoms with Crippen LogP contribution in [0, 0.1) is 0 Å². The maximum atomic E-state index is 12.0. The van der Waals surface area contributed by atoms with Gasteiger partial charge in [-0.05, 0) is 51.9 Å². The molecule has 0 saturated carbocycles. The van der Waals surface area contributed by atoms with Crippen molar-refractivity contribution >= 4 is 35.4 Å². The number of ether oxygens (including phenoxy) is 3. The van der Waals surface area contributed by atoms with Crippen LogP contribution in [0.15, 0.2) is 0 Å². The highest BCUT2D eigenvalue weighted by atomic mass is 16.5. The summed E-state index contributed by atoms with van der Waals surface area (Å²) in [6.07, 6.45) is 20.4. The van der Waals surface area contributed by atoms with Gasteiger partial charge in [-0.3, -0.25) is 19.2 Å². The normalized spacial score (nSPS) is 11.6. The van der Waals surface area contributed by atoms with Crippen LogP contribution in [0.1, 0.15) is 148 Å². The van der Waals surface area contributed by atoms with Gasteiger partial charge in [-0.1, -0.05) is 77.0 Å². The van der Waals surface area contributed by atoms with Crippen molar-refractivity contribution in [2.75, 3.05) is 52.7 Å². The van der Waals surface area contributed by atoms with Crippen molar-refractivity contribution in [3.63, 3.8) is 0 Å². The number of unbranched alkanes of at least 4 members (excludes halogenated alkanes) is 14. The van der Waals surface area contributed by atoms with Gasteiger partial charge in [0.2, 0.25) is 17.7 Å². The molecule has 0 heterocycles. The first-order chi connectivity index (χ1) is 25.1. The number of carbonyl (C=O) groups excluding carboxylic acids is 4. The van der Waals surface area contributed by atoms with Gasteiger partial charge in [-0.25, -0.2) is 4.79 Å². The molecule has 0 aromatic carbocycles. The van der Waals surface area contributed by atoms with Gasteiger partial charge in [0.15, 0.2) is 0 Å². The topological polar surface area (TPSA) is 207 Å². The molecule has 0 radical (unpaired) electrons. The largest absolute Gasteiger partial charge is 0.481 e. The van der Waals surface area contributed by atoms with E-state index in [-0.39, 0.29) is 31.1 Å². The Morgan fingerprint density at radius 1 is 0.481 bits per heavy atom. The summed E-state index contributed by atoms with van der Waals surface area (Å²) in [7, 11) is 0. The molecule has 0 aliphatic heterocycles. The summed E-state index contributed by atoms with van der Waals surface area (Å²) in [5.41, 5.74) is 0. The lowest BCUT2D eigenvalue weighted by Crippen LogP contribution is -2.43. The molecule has 52 heavy (non-hydrogen) atoms. The molecule has 3 amide bonds. The Bertz CT molecular complexity index is 965. The van der Waals surface area contributed by atoms with Gasteiger partial charge in [0.25, 0.3) is 0 Å². The van der Waals surface area contributed by atoms with E-state index in [1.54, 1.807) is 0 Å². The molecule has 14 heteroatoms. The fourth-order valence-electron chi connectivity index (χ4n) is 5.32. The van der Waals surface area contributed by atoms with Gasteiger partial charge in [-0.2, -0.15) is 0 Å². The quantitative estimate of drug-likeness (QED) is 0.0524. The van der Waals surface area contributed by atoms with Crippen molar-refractivity contribution in [2.45, 2.75) is 154 Å². The Kier molecular flexibility index (Phi) is 34.1. The Morgan fingerprint density at radius 3 is 1.37 bits per heavy atom. The first kappa shape index (κ1) is 48.9. The van der Waals surface area contributed by atoms with Crippen molar-refractivity contribution in [3.8, 4) is 0 Å². The van der Waals surface area contributed by atoms with Gasteiger partial charge in [-0.15, -0.1) is 0 Å². The number of rotatable bonds is 39. The fraction of sp³-hybridized carbons (Fsp3) is 0.842. The van der Waals surface area contributed by atoms with Crippen LogP contribution >= 0.6 is 0 Å². The fourth-order valence-corrected chi connectivity index (χ4v) is 5.32. The predicted molar refractivity (Wildman–Crippen MR) is 198 cm³/mol. The average Bonchev–Trinajstić information content (AvgIpc) is 3.09. The number of Topliss-reactive ketones (excluding diaryl/α,β-unsaturated/α-hetero) is 1. The minimum atomic E-state index is -1.24. The molecule has 1 atom stereocenters. The van der Waals surface area contributed by atoms with E-state index in [0.717, 1.165) is 51.4 Å². The summed E-state index contributed by atoms with van der Waals surface area (Å²) in [4.78, 5) is 68.4. The van der Waals surface area contributed by atoms with Crippen LogP contribution in [0.3, 0.4) is 0 Å². The summed E-state index contributed by atoms with van der Waals surface area (Å²) >= 11 is 0. The van der Waals surface area contributed by atoms with Gasteiger partial charge in [0, 0.05) is 58.8 Å². The number of carboxylic acid groups (broad SMARTS) is 2. The van der Waals surface area contributed by atoms with Crippen molar-refractivity contribution in [1.82, 2.24) is 16.0 Å². The average molecular weight is 744 g/mol. The van der Waals surface area contributed by atoms with Gasteiger partial charge >= 0.3 is 11.9 Å². The van der Waals surface area contributed by atoms with Crippen molar-refractivity contribution in [2.24, 2.45) is 0 Å². The van der Waals surface area contributed by atoms with E-state index >= 15 is 0 Å². The first-order valence-electron chi connectivity index (χ1n) is 19.6. The lowest BCUT2D eigenvalue weighted by molar-refractivity contribution is -0.143. The van der Waals surface area contributed by atoms with E-state index in [2.05, 4.69) is 16.0 Å². The number of nitrogens with one attached hydrogen (secondary N) is 3. The summed E-state index contributed by atoms with van der Waals surface area (Å²) in [5, 5.41) is 25.7. The maximum absolute atomic E-state index is 12.0. The minimum Gasteiger partial charge on any atom is -0.481 e. The molecule has 0 unspecified atom stereocenters. The Morgan fingerprint density at radius 2 is 0.904 bits per heavy atom. The smallest absolute Gasteiger partial charge is 0.326 e. The van der Waals surface area contributed by atoms with Crippen molar-refractivity contribution in [3.05, 3.63) is 0 Å². The number of hydrogen-bond donors (Lipinski definition) is 5. The third kappa shape index (κ3) is 36.7. The van der Waals surface area contributed by atoms with Crippen LogP contribution in [-0.4, -0.2) is 104 Å². The number of ketones is 1. The molecular weight excluding hydrogens is 674 g/mol. The molecule has 0 aliphatic rings. The van der Waals surface area contributed by atoms with E-state index in [9.17, 15) is 28.8 Å². The molecule has 0 saturated heterocycles. The molecule has 0 rings (SSSR count). The van der Waals surface area contributed by atoms with Crippen LogP contribution in [0.5, 0.6) is 0 Å².